The van der Waals surface area contributed by atoms with Crippen LogP contribution in [0.15, 0.2) is 18.2 Å². The normalized spacial score (nSPS) is 25.0. The van der Waals surface area contributed by atoms with Crippen molar-refractivity contribution in [2.45, 2.75) is 236 Å². The van der Waals surface area contributed by atoms with Gasteiger partial charge >= 0.3 is 5.97 Å². The first-order chi connectivity index (χ1) is 44.9. The summed E-state index contributed by atoms with van der Waals surface area (Å²) in [5.74, 6) is -10.8. The number of rotatable bonds is 17. The van der Waals surface area contributed by atoms with Gasteiger partial charge in [0.2, 0.25) is 65.0 Å². The molecule has 0 aliphatic carbocycles. The number of likely N-dealkylation sites (N-methyl/N-ethyl adjacent to an activating group) is 7. The number of aromatic amines is 1. The van der Waals surface area contributed by atoms with Crippen molar-refractivity contribution < 1.29 is 67.4 Å². The molecule has 0 spiro atoms. The number of esters is 1. The maximum absolute atomic E-state index is 15.5. The zero-order valence-corrected chi connectivity index (χ0v) is 62.5. The third-order valence-electron chi connectivity index (χ3n) is 18.0. The highest BCUT2D eigenvalue weighted by atomic mass is 16.5. The van der Waals surface area contributed by atoms with Crippen molar-refractivity contribution in [2.75, 3.05) is 55.9 Å². The fourth-order valence-corrected chi connectivity index (χ4v) is 12.2. The number of amides is 11. The number of benzene rings is 1. The van der Waals surface area contributed by atoms with E-state index in [1.54, 1.807) is 73.6 Å². The predicted molar refractivity (Wildman–Crippen MR) is 369 cm³/mol. The smallest absolute Gasteiger partial charge is 0.338 e. The molecule has 0 saturated carbocycles. The second kappa shape index (κ2) is 36.8. The van der Waals surface area contributed by atoms with Crippen LogP contribution in [0, 0.1) is 41.4 Å². The minimum absolute atomic E-state index is 0.00488. The van der Waals surface area contributed by atoms with E-state index in [2.05, 4.69) is 26.3 Å². The van der Waals surface area contributed by atoms with E-state index >= 15 is 19.2 Å². The van der Waals surface area contributed by atoms with Crippen LogP contribution in [-0.4, -0.2) is 249 Å². The molecule has 0 radical (unpaired) electrons. The molecule has 3 rings (SSSR count). The van der Waals surface area contributed by atoms with Crippen molar-refractivity contribution in [3.8, 4) is 0 Å². The lowest BCUT2D eigenvalue weighted by Crippen LogP contribution is -2.63. The Morgan fingerprint density at radius 2 is 0.990 bits per heavy atom. The lowest BCUT2D eigenvalue weighted by molar-refractivity contribution is -0.157. The van der Waals surface area contributed by atoms with Crippen LogP contribution in [0.3, 0.4) is 0 Å². The molecule has 12 atom stereocenters. The van der Waals surface area contributed by atoms with E-state index in [0.29, 0.717) is 16.9 Å². The Labute approximate surface area is 575 Å². The molecule has 0 unspecified atom stereocenters. The van der Waals surface area contributed by atoms with Gasteiger partial charge in [-0.3, -0.25) is 52.7 Å². The maximum atomic E-state index is 15.5. The number of carbonyl (C=O) groups excluding carboxylic acids is 12. The summed E-state index contributed by atoms with van der Waals surface area (Å²) < 4.78 is 5.39. The number of ether oxygens (including phenoxy) is 1. The van der Waals surface area contributed by atoms with E-state index in [1.807, 2.05) is 55.4 Å². The topological polar surface area (TPSA) is 334 Å². The summed E-state index contributed by atoms with van der Waals surface area (Å²) in [5, 5.41) is 23.6. The van der Waals surface area contributed by atoms with Gasteiger partial charge in [0.15, 0.2) is 0 Å². The summed E-state index contributed by atoms with van der Waals surface area (Å²) in [7, 11) is 9.78. The molecular weight excluding hydrogens is 1250 g/mol. The number of aliphatic hydroxyl groups excluding tert-OH is 1. The van der Waals surface area contributed by atoms with E-state index in [9.17, 15) is 43.5 Å². The van der Waals surface area contributed by atoms with Gasteiger partial charge in [0.25, 0.3) is 0 Å². The number of hydrogen-bond acceptors (Lipinski definition) is 15. The van der Waals surface area contributed by atoms with Crippen LogP contribution in [0.2, 0.25) is 0 Å². The first kappa shape index (κ1) is 83.5. The number of carbonyl (C=O) groups is 12. The van der Waals surface area contributed by atoms with Crippen LogP contribution in [0.4, 0.5) is 0 Å². The monoisotopic (exact) mass is 1360 g/mol. The minimum Gasteiger partial charge on any atom is -0.459 e. The average molecular weight is 1360 g/mol. The summed E-state index contributed by atoms with van der Waals surface area (Å²) in [4.78, 5) is 191. The standard InChI is InChI=1S/C70H117N13O14/c1-26-47-65(91)77(19)35-55(84)78(20)50(29-36(2)3)62(88)76-56(40(10)11)68(94)79(21)51(30-37(4)5)61(87)71-44(17)60(86)72-45(18)64(90)80(22)52(31-38(6)7)66(92)81(23)53(32-39(8)9)67(93)82(24)57(41(12)13)69(95)83(25)58(63(89)75-47)59(85)43(16)33-54-73-48-28-27-46(34-49(48)74-54)70(96)97-42(14)15/h27-28,34,36-45,47,50-53,56-59,85H,26,29-33,35H2,1-25H3,(H,71,87)(H,72,86)(H,73,74)(H,75,89)(H,76,88)/t43-,44+,45-,47+,50+,51+,52+,53+,56+,57+,58+,59-/m1/s1. The summed E-state index contributed by atoms with van der Waals surface area (Å²) in [6.07, 6.45) is -1.62. The van der Waals surface area contributed by atoms with Crippen molar-refractivity contribution >= 4 is 82.0 Å². The summed E-state index contributed by atoms with van der Waals surface area (Å²) in [6.45, 7) is 30.7. The molecule has 2 aromatic rings. The van der Waals surface area contributed by atoms with Gasteiger partial charge in [-0.15, -0.1) is 0 Å². The largest absolute Gasteiger partial charge is 0.459 e. The summed E-state index contributed by atoms with van der Waals surface area (Å²) in [5.41, 5.74) is 1.25. The van der Waals surface area contributed by atoms with Gasteiger partial charge in [0, 0.05) is 55.8 Å². The molecular formula is C70H117N13O14. The molecule has 27 nitrogen and oxygen atoms in total. The third-order valence-corrected chi connectivity index (χ3v) is 18.0. The highest BCUT2D eigenvalue weighted by Gasteiger charge is 2.46. The Balaban J connectivity index is 2.34. The number of H-pyrrole nitrogens is 1. The minimum atomic E-state index is -1.77. The van der Waals surface area contributed by atoms with Crippen molar-refractivity contribution in [2.24, 2.45) is 41.4 Å². The number of nitrogens with zero attached hydrogens (tertiary/aromatic N) is 8. The molecule has 11 amide bonds. The van der Waals surface area contributed by atoms with E-state index in [4.69, 9.17) is 9.72 Å². The predicted octanol–water partition coefficient (Wildman–Crippen LogP) is 3.99. The first-order valence-corrected chi connectivity index (χ1v) is 34.3. The molecule has 27 heteroatoms. The lowest BCUT2D eigenvalue weighted by Gasteiger charge is -2.41. The zero-order chi connectivity index (χ0) is 74.3. The van der Waals surface area contributed by atoms with Gasteiger partial charge in [-0.2, -0.15) is 0 Å². The number of hydrogen-bond donors (Lipinski definition) is 6. The van der Waals surface area contributed by atoms with Crippen molar-refractivity contribution in [1.29, 1.82) is 0 Å². The maximum Gasteiger partial charge on any atom is 0.338 e. The van der Waals surface area contributed by atoms with Crippen molar-refractivity contribution in [1.82, 2.24) is 65.5 Å². The lowest BCUT2D eigenvalue weighted by atomic mass is 9.91. The first-order valence-electron chi connectivity index (χ1n) is 34.3. The molecule has 1 fully saturated rings. The fraction of sp³-hybridized carbons (Fsp3) is 0.729. The molecule has 2 heterocycles. The Hall–Kier alpha value is -7.71. The number of imidazole rings is 1. The molecule has 1 aromatic heterocycles. The molecule has 6 N–H and O–H groups in total. The highest BCUT2D eigenvalue weighted by Crippen LogP contribution is 2.27. The van der Waals surface area contributed by atoms with Gasteiger partial charge < -0.3 is 70.4 Å². The molecule has 1 saturated heterocycles. The summed E-state index contributed by atoms with van der Waals surface area (Å²) >= 11 is 0. The van der Waals surface area contributed by atoms with Gasteiger partial charge in [0.05, 0.1) is 35.3 Å². The van der Waals surface area contributed by atoms with Crippen LogP contribution < -0.4 is 21.3 Å². The van der Waals surface area contributed by atoms with Crippen LogP contribution >= 0.6 is 0 Å². The van der Waals surface area contributed by atoms with Crippen LogP contribution in [-0.2, 0) is 63.9 Å². The molecule has 0 bridgehead atoms. The Bertz CT molecular complexity index is 3090. The Morgan fingerprint density at radius 3 is 1.48 bits per heavy atom. The Kier molecular flexibility index (Phi) is 31.6. The van der Waals surface area contributed by atoms with Gasteiger partial charge in [-0.25, -0.2) is 9.78 Å². The van der Waals surface area contributed by atoms with Crippen molar-refractivity contribution in [3.63, 3.8) is 0 Å². The van der Waals surface area contributed by atoms with E-state index in [-0.39, 0.29) is 73.9 Å². The summed E-state index contributed by atoms with van der Waals surface area (Å²) in [6, 6.07) is -8.09. The van der Waals surface area contributed by atoms with Gasteiger partial charge in [-0.05, 0) is 119 Å². The zero-order valence-electron chi connectivity index (χ0n) is 62.5. The number of fused-ring (bicyclic) bond motifs is 1. The van der Waals surface area contributed by atoms with E-state index in [1.165, 1.54) is 87.7 Å². The number of aromatic nitrogens is 2. The number of nitrogens with one attached hydrogen (secondary N) is 5. The molecule has 546 valence electrons. The number of aliphatic hydroxyl groups is 1. The van der Waals surface area contributed by atoms with Crippen LogP contribution in [0.5, 0.6) is 0 Å². The second-order valence-electron chi connectivity index (χ2n) is 29.4. The van der Waals surface area contributed by atoms with Gasteiger partial charge in [-0.1, -0.05) is 96.9 Å². The molecule has 1 aliphatic heterocycles. The SMILES string of the molecule is CC[C@@H]1NC(=O)[C@H]([C@H](O)[C@H](C)Cc2nc3ccc(C(=O)OC(C)C)cc3[nH]2)N(C)C(=O)[C@H](C(C)C)N(C)C(=O)[C@H](CC(C)C)N(C)C(=O)[C@H](CC(C)C)N(C)C(=O)[C@@H](C)NC(=O)[C@H](C)NC(=O)[C@H](CC(C)C)N(C)C(=O)[C@H](C(C)C)NC(=O)[C@H](CC(C)C)N(C)C(=O)CN(C)C1=O. The molecule has 1 aliphatic rings. The van der Waals surface area contributed by atoms with Crippen LogP contribution in [0.25, 0.3) is 11.0 Å². The van der Waals surface area contributed by atoms with Crippen molar-refractivity contribution in [3.05, 3.63) is 29.6 Å². The van der Waals surface area contributed by atoms with E-state index < -0.39 is 162 Å². The quantitative estimate of drug-likeness (QED) is 0.122. The fourth-order valence-electron chi connectivity index (χ4n) is 12.2. The van der Waals surface area contributed by atoms with Crippen LogP contribution in [0.1, 0.15) is 173 Å². The molecule has 1 aromatic carbocycles. The van der Waals surface area contributed by atoms with Gasteiger partial charge in [0.1, 0.15) is 66.2 Å². The third kappa shape index (κ3) is 22.4. The van der Waals surface area contributed by atoms with E-state index in [0.717, 1.165) is 9.80 Å². The molecule has 97 heavy (non-hydrogen) atoms. The second-order valence-corrected chi connectivity index (χ2v) is 29.4. The average Bonchev–Trinajstić information content (AvgIpc) is 1.50. The Morgan fingerprint density at radius 1 is 0.526 bits per heavy atom. The highest BCUT2D eigenvalue weighted by molar-refractivity contribution is 6.00.